The van der Waals surface area contributed by atoms with Crippen LogP contribution in [0.1, 0.15) is 64.9 Å². The molecular formula is C27H38N4O7S. The Morgan fingerprint density at radius 1 is 1.13 bits per heavy atom. The summed E-state index contributed by atoms with van der Waals surface area (Å²) >= 11 is 0. The molecule has 2 atom stereocenters. The highest BCUT2D eigenvalue weighted by molar-refractivity contribution is 7.89. The number of amides is 4. The van der Waals surface area contributed by atoms with E-state index >= 15 is 0 Å². The fourth-order valence-electron chi connectivity index (χ4n) is 6.31. The lowest BCUT2D eigenvalue weighted by molar-refractivity contribution is -0.150. The normalized spacial score (nSPS) is 25.4. The van der Waals surface area contributed by atoms with E-state index in [9.17, 15) is 27.6 Å². The molecule has 2 N–H and O–H groups in total. The van der Waals surface area contributed by atoms with E-state index in [1.807, 2.05) is 6.92 Å². The summed E-state index contributed by atoms with van der Waals surface area (Å²) < 4.78 is 32.5. The van der Waals surface area contributed by atoms with Crippen molar-refractivity contribution >= 4 is 39.5 Å². The van der Waals surface area contributed by atoms with Gasteiger partial charge in [-0.25, -0.2) is 13.2 Å². The third-order valence-corrected chi connectivity index (χ3v) is 9.61. The number of nitrogens with one attached hydrogen (secondary N) is 2. The van der Waals surface area contributed by atoms with Crippen molar-refractivity contribution in [2.75, 3.05) is 31.6 Å². The quantitative estimate of drug-likeness (QED) is 0.384. The summed E-state index contributed by atoms with van der Waals surface area (Å²) in [5, 5.41) is 5.40. The molecule has 0 aromatic heterocycles. The van der Waals surface area contributed by atoms with Crippen LogP contribution in [0.25, 0.3) is 0 Å². The van der Waals surface area contributed by atoms with Gasteiger partial charge in [0.2, 0.25) is 10.0 Å². The number of carbonyl (C=O) groups excluding carboxylic acids is 4. The molecule has 2 heterocycles. The number of rotatable bonds is 7. The summed E-state index contributed by atoms with van der Waals surface area (Å²) in [6, 6.07) is 3.87. The fourth-order valence-corrected chi connectivity index (χ4v) is 7.85. The van der Waals surface area contributed by atoms with Crippen LogP contribution in [0.5, 0.6) is 0 Å². The van der Waals surface area contributed by atoms with Gasteiger partial charge in [0.05, 0.1) is 4.90 Å². The largest absolute Gasteiger partial charge is 0.454 e. The van der Waals surface area contributed by atoms with Crippen molar-refractivity contribution in [1.82, 2.24) is 14.5 Å². The summed E-state index contributed by atoms with van der Waals surface area (Å²) in [7, 11) is -3.69. The van der Waals surface area contributed by atoms with E-state index in [-0.39, 0.29) is 16.2 Å². The standard InChI is InChI=1S/C27H38N4O7S/c1-18-13-26(3,4)17-27(14-18)24(34)31(25(35)29-27)15-23(33)38-16-22(32)28-21-12-20(9-8-19(21)2)39(36,37)30-10-6-5-7-11-30/h8-9,12,18H,5-7,10-11,13-17H2,1-4H3,(H,28,32)(H,29,35). The number of hydrogen-bond donors (Lipinski definition) is 2. The van der Waals surface area contributed by atoms with E-state index < -0.39 is 52.5 Å². The topological polar surface area (TPSA) is 142 Å². The maximum atomic E-state index is 13.2. The molecule has 39 heavy (non-hydrogen) atoms. The second-order valence-corrected chi connectivity index (χ2v) is 13.8. The smallest absolute Gasteiger partial charge is 0.326 e. The summed E-state index contributed by atoms with van der Waals surface area (Å²) in [6.07, 6.45) is 4.53. The number of carbonyl (C=O) groups is 4. The number of nitrogens with zero attached hydrogens (tertiary/aromatic N) is 2. The number of hydrogen-bond acceptors (Lipinski definition) is 7. The number of piperidine rings is 1. The molecule has 1 aromatic rings. The molecule has 4 amide bonds. The first-order valence-electron chi connectivity index (χ1n) is 13.4. The van der Waals surface area contributed by atoms with Gasteiger partial charge >= 0.3 is 12.0 Å². The molecule has 1 aliphatic carbocycles. The average molecular weight is 563 g/mol. The fraction of sp³-hybridized carbons (Fsp3) is 0.630. The van der Waals surface area contributed by atoms with Crippen LogP contribution in [-0.4, -0.2) is 73.2 Å². The first kappa shape index (κ1) is 29.0. The number of aryl methyl sites for hydroxylation is 1. The van der Waals surface area contributed by atoms with Crippen LogP contribution in [0.3, 0.4) is 0 Å². The third-order valence-electron chi connectivity index (χ3n) is 7.71. The first-order valence-corrected chi connectivity index (χ1v) is 14.9. The zero-order valence-corrected chi connectivity index (χ0v) is 23.9. The number of esters is 1. The molecule has 1 spiro atoms. The molecule has 0 bridgehead atoms. The zero-order valence-electron chi connectivity index (χ0n) is 23.0. The number of benzene rings is 1. The lowest BCUT2D eigenvalue weighted by Gasteiger charge is -2.43. The highest BCUT2D eigenvalue weighted by Crippen LogP contribution is 2.46. The molecule has 3 fully saturated rings. The average Bonchev–Trinajstić information content (AvgIpc) is 3.06. The van der Waals surface area contributed by atoms with Crippen molar-refractivity contribution < 1.29 is 32.3 Å². The Hall–Kier alpha value is -2.99. The van der Waals surface area contributed by atoms with Crippen molar-refractivity contribution in [3.05, 3.63) is 23.8 Å². The van der Waals surface area contributed by atoms with Gasteiger partial charge in [-0.15, -0.1) is 0 Å². The van der Waals surface area contributed by atoms with Gasteiger partial charge in [0.25, 0.3) is 11.8 Å². The van der Waals surface area contributed by atoms with E-state index in [4.69, 9.17) is 4.74 Å². The Kier molecular flexibility index (Phi) is 8.09. The van der Waals surface area contributed by atoms with Crippen molar-refractivity contribution in [3.8, 4) is 0 Å². The monoisotopic (exact) mass is 562 g/mol. The van der Waals surface area contributed by atoms with Gasteiger partial charge in [-0.2, -0.15) is 4.31 Å². The predicted molar refractivity (Wildman–Crippen MR) is 143 cm³/mol. The Labute approximate surface area is 229 Å². The van der Waals surface area contributed by atoms with Gasteiger partial charge in [-0.3, -0.25) is 19.3 Å². The second-order valence-electron chi connectivity index (χ2n) is 11.9. The third kappa shape index (κ3) is 6.27. The van der Waals surface area contributed by atoms with Crippen molar-refractivity contribution in [2.45, 2.75) is 76.7 Å². The van der Waals surface area contributed by atoms with Crippen LogP contribution in [0.15, 0.2) is 23.1 Å². The molecule has 3 aliphatic rings. The predicted octanol–water partition coefficient (Wildman–Crippen LogP) is 2.79. The molecule has 214 valence electrons. The Morgan fingerprint density at radius 3 is 2.49 bits per heavy atom. The number of anilines is 1. The second kappa shape index (κ2) is 10.9. The van der Waals surface area contributed by atoms with Gasteiger partial charge in [0.15, 0.2) is 6.61 Å². The number of sulfonamides is 1. The van der Waals surface area contributed by atoms with Crippen molar-refractivity contribution in [1.29, 1.82) is 0 Å². The minimum absolute atomic E-state index is 0.0787. The van der Waals surface area contributed by atoms with Crippen LogP contribution < -0.4 is 10.6 Å². The van der Waals surface area contributed by atoms with Crippen LogP contribution in [0.4, 0.5) is 10.5 Å². The lowest BCUT2D eigenvalue weighted by atomic mass is 9.64. The number of urea groups is 1. The summed E-state index contributed by atoms with van der Waals surface area (Å²) in [5.74, 6) is -1.79. The van der Waals surface area contributed by atoms with Crippen molar-refractivity contribution in [2.24, 2.45) is 11.3 Å². The number of imide groups is 1. The number of ether oxygens (including phenoxy) is 1. The van der Waals surface area contributed by atoms with Gasteiger partial charge in [-0.05, 0) is 68.1 Å². The summed E-state index contributed by atoms with van der Waals surface area (Å²) in [4.78, 5) is 51.8. The SMILES string of the molecule is Cc1ccc(S(=O)(=O)N2CCCCC2)cc1NC(=O)COC(=O)CN1C(=O)NC2(CC(C)CC(C)(C)C2)C1=O. The molecular weight excluding hydrogens is 524 g/mol. The zero-order chi connectivity index (χ0) is 28.6. The molecule has 0 radical (unpaired) electrons. The Morgan fingerprint density at radius 2 is 1.82 bits per heavy atom. The minimum atomic E-state index is -3.69. The molecule has 1 saturated carbocycles. The molecule has 11 nitrogen and oxygen atoms in total. The van der Waals surface area contributed by atoms with E-state index in [1.165, 1.54) is 16.4 Å². The van der Waals surface area contributed by atoms with Crippen LogP contribution in [0.2, 0.25) is 0 Å². The minimum Gasteiger partial charge on any atom is -0.454 e. The van der Waals surface area contributed by atoms with Crippen molar-refractivity contribution in [3.63, 3.8) is 0 Å². The van der Waals surface area contributed by atoms with Gasteiger partial charge in [0.1, 0.15) is 12.1 Å². The maximum Gasteiger partial charge on any atom is 0.326 e. The van der Waals surface area contributed by atoms with Crippen LogP contribution in [-0.2, 0) is 29.1 Å². The lowest BCUT2D eigenvalue weighted by Crippen LogP contribution is -2.54. The van der Waals surface area contributed by atoms with Gasteiger partial charge < -0.3 is 15.4 Å². The van der Waals surface area contributed by atoms with Crippen LogP contribution >= 0.6 is 0 Å². The molecule has 2 aliphatic heterocycles. The highest BCUT2D eigenvalue weighted by Gasteiger charge is 2.56. The molecule has 2 saturated heterocycles. The summed E-state index contributed by atoms with van der Waals surface area (Å²) in [6.45, 7) is 7.54. The van der Waals surface area contributed by atoms with Gasteiger partial charge in [0, 0.05) is 18.8 Å². The van der Waals surface area contributed by atoms with E-state index in [0.717, 1.165) is 30.6 Å². The van der Waals surface area contributed by atoms with E-state index in [2.05, 4.69) is 24.5 Å². The Balaban J connectivity index is 1.34. The first-order chi connectivity index (χ1) is 18.2. The molecule has 1 aromatic carbocycles. The molecule has 12 heteroatoms. The molecule has 4 rings (SSSR count). The summed E-state index contributed by atoms with van der Waals surface area (Å²) in [5.41, 5.74) is -0.245. The molecule has 2 unspecified atom stereocenters. The van der Waals surface area contributed by atoms with Crippen LogP contribution in [0, 0.1) is 18.3 Å². The van der Waals surface area contributed by atoms with E-state index in [1.54, 1.807) is 13.0 Å². The maximum absolute atomic E-state index is 13.2. The van der Waals surface area contributed by atoms with E-state index in [0.29, 0.717) is 37.2 Å². The highest BCUT2D eigenvalue weighted by atomic mass is 32.2. The Bertz CT molecular complexity index is 1270. The van der Waals surface area contributed by atoms with Gasteiger partial charge in [-0.1, -0.05) is 33.3 Å².